The van der Waals surface area contributed by atoms with E-state index in [-0.39, 0.29) is 19.2 Å². The highest BCUT2D eigenvalue weighted by Gasteiger charge is 2.04. The molecule has 0 rings (SSSR count). The van der Waals surface area contributed by atoms with Crippen LogP contribution in [0.1, 0.15) is 71.1 Å². The lowest BCUT2D eigenvalue weighted by Gasteiger charge is -2.09. The van der Waals surface area contributed by atoms with Gasteiger partial charge in [-0.15, -0.1) is 0 Å². The summed E-state index contributed by atoms with van der Waals surface area (Å²) in [6.07, 6.45) is 11.5. The first-order chi connectivity index (χ1) is 24.1. The number of hydrogen-bond acceptors (Lipinski definition) is 13. The number of unbranched alkanes of at least 4 members (excludes halogenated alkanes) is 8. The highest BCUT2D eigenvalue weighted by molar-refractivity contribution is 5.77. The van der Waals surface area contributed by atoms with E-state index in [1.165, 1.54) is 44.9 Å². The Hall–Kier alpha value is -1.95. The predicted octanol–water partition coefficient (Wildman–Crippen LogP) is 2.80. The third-order valence-corrected chi connectivity index (χ3v) is 6.61. The molecule has 0 aliphatic heterocycles. The number of rotatable bonds is 41. The minimum absolute atomic E-state index is 0.147. The van der Waals surface area contributed by atoms with E-state index in [0.29, 0.717) is 119 Å². The number of aliphatic carboxylic acids is 1. The van der Waals surface area contributed by atoms with Crippen LogP contribution in [0.25, 0.3) is 0 Å². The van der Waals surface area contributed by atoms with E-state index in [1.807, 2.05) is 0 Å². The van der Waals surface area contributed by atoms with Crippen molar-refractivity contribution in [3.05, 3.63) is 0 Å². The van der Waals surface area contributed by atoms with Crippen molar-refractivity contribution in [1.82, 2.24) is 5.32 Å². The van der Waals surface area contributed by atoms with Crippen molar-refractivity contribution in [2.24, 2.45) is 0 Å². The molecule has 0 spiro atoms. The molecule has 1 amide bonds. The largest absolute Gasteiger partial charge is 0.480 e. The molecule has 0 radical (unpaired) electrons. The summed E-state index contributed by atoms with van der Waals surface area (Å²) < 4.78 is 53.3. The van der Waals surface area contributed by atoms with E-state index >= 15 is 0 Å². The van der Waals surface area contributed by atoms with E-state index in [1.54, 1.807) is 0 Å². The predicted molar refractivity (Wildman–Crippen MR) is 181 cm³/mol. The minimum atomic E-state index is -1.12. The summed E-state index contributed by atoms with van der Waals surface area (Å²) in [5, 5.41) is 11.0. The summed E-state index contributed by atoms with van der Waals surface area (Å²) in [6.45, 7) is 8.96. The van der Waals surface area contributed by atoms with Crippen molar-refractivity contribution in [1.29, 1.82) is 0 Å². The Bertz CT molecular complexity index is 731. The van der Waals surface area contributed by atoms with Gasteiger partial charge in [0.1, 0.15) is 19.8 Å². The molecule has 0 unspecified atom stereocenters. The monoisotopic (exact) mass is 711 g/mol. The molecule has 0 aliphatic carbocycles. The minimum Gasteiger partial charge on any atom is -0.480 e. The van der Waals surface area contributed by atoms with E-state index in [4.69, 9.17) is 47.7 Å². The van der Waals surface area contributed by atoms with Gasteiger partial charge in [-0.1, -0.05) is 58.3 Å². The van der Waals surface area contributed by atoms with Crippen molar-refractivity contribution < 1.29 is 66.9 Å². The molecule has 0 saturated heterocycles. The fourth-order valence-corrected chi connectivity index (χ4v) is 4.05. The van der Waals surface area contributed by atoms with Gasteiger partial charge in [-0.3, -0.25) is 9.59 Å². The van der Waals surface area contributed by atoms with E-state index in [2.05, 4.69) is 17.0 Å². The van der Waals surface area contributed by atoms with E-state index in [9.17, 15) is 14.4 Å². The van der Waals surface area contributed by atoms with Crippen LogP contribution < -0.4 is 5.32 Å². The quantitative estimate of drug-likeness (QED) is 0.0700. The van der Waals surface area contributed by atoms with Gasteiger partial charge < -0.3 is 57.8 Å². The number of ether oxygens (including phenoxy) is 10. The third-order valence-electron chi connectivity index (χ3n) is 6.61. The molecule has 0 aromatic carbocycles. The van der Waals surface area contributed by atoms with Crippen LogP contribution in [0, 0.1) is 0 Å². The zero-order valence-corrected chi connectivity index (χ0v) is 30.0. The van der Waals surface area contributed by atoms with Gasteiger partial charge in [0.05, 0.1) is 106 Å². The molecule has 0 atom stereocenters. The topological polar surface area (TPSA) is 176 Å². The van der Waals surface area contributed by atoms with Gasteiger partial charge >= 0.3 is 11.9 Å². The average molecular weight is 712 g/mol. The first kappa shape index (κ1) is 47.0. The van der Waals surface area contributed by atoms with Crippen molar-refractivity contribution in [3.8, 4) is 0 Å². The van der Waals surface area contributed by atoms with Crippen LogP contribution in [0.15, 0.2) is 0 Å². The average Bonchev–Trinajstić information content (AvgIpc) is 3.08. The zero-order valence-electron chi connectivity index (χ0n) is 30.0. The van der Waals surface area contributed by atoms with Crippen molar-refractivity contribution in [2.75, 3.05) is 132 Å². The van der Waals surface area contributed by atoms with Gasteiger partial charge in [0.2, 0.25) is 5.91 Å². The fourth-order valence-electron chi connectivity index (χ4n) is 4.05. The molecule has 290 valence electrons. The summed E-state index contributed by atoms with van der Waals surface area (Å²) >= 11 is 0. The van der Waals surface area contributed by atoms with Gasteiger partial charge in [0, 0.05) is 13.0 Å². The highest BCUT2D eigenvalue weighted by Crippen LogP contribution is 2.10. The molecule has 0 saturated carbocycles. The number of carboxylic acids is 1. The Morgan fingerprint density at radius 2 is 0.816 bits per heavy atom. The SMILES string of the molecule is CCCCCCCCCCCC(=O)OCCOCCOCCOCCOCCOCCOCCOCCOCCNC(=O)COCC(=O)O. The lowest BCUT2D eigenvalue weighted by Crippen LogP contribution is -2.31. The van der Waals surface area contributed by atoms with Crippen molar-refractivity contribution in [3.63, 3.8) is 0 Å². The standard InChI is InChI=1S/C34H65NO14/c1-2-3-4-5-6-7-8-9-10-11-34(39)49-29-28-47-27-26-46-25-24-45-23-22-44-21-20-43-19-18-42-17-16-41-15-14-40-13-12-35-32(36)30-48-31-33(37)38/h2-31H2,1H3,(H,35,36)(H,37,38). The molecule has 0 bridgehead atoms. The van der Waals surface area contributed by atoms with E-state index in [0.717, 1.165) is 12.8 Å². The molecule has 2 N–H and O–H groups in total. The molecule has 0 aromatic heterocycles. The maximum absolute atomic E-state index is 11.8. The molecule has 0 aromatic rings. The number of esters is 1. The number of carbonyl (C=O) groups excluding carboxylic acids is 2. The van der Waals surface area contributed by atoms with E-state index < -0.39 is 18.5 Å². The molecular weight excluding hydrogens is 646 g/mol. The Labute approximate surface area is 293 Å². The number of amides is 1. The van der Waals surface area contributed by atoms with Crippen LogP contribution in [0.3, 0.4) is 0 Å². The smallest absolute Gasteiger partial charge is 0.329 e. The molecule has 49 heavy (non-hydrogen) atoms. The number of hydrogen-bond donors (Lipinski definition) is 2. The van der Waals surface area contributed by atoms with Gasteiger partial charge in [-0.2, -0.15) is 0 Å². The van der Waals surface area contributed by atoms with Crippen molar-refractivity contribution in [2.45, 2.75) is 71.1 Å². The van der Waals surface area contributed by atoms with Crippen LogP contribution in [0.4, 0.5) is 0 Å². The number of nitrogens with one attached hydrogen (secondary N) is 1. The third kappa shape index (κ3) is 42.1. The molecular formula is C34H65NO14. The Morgan fingerprint density at radius 3 is 1.22 bits per heavy atom. The molecule has 15 heteroatoms. The normalized spacial score (nSPS) is 11.2. The number of carbonyl (C=O) groups is 3. The summed E-state index contributed by atoms with van der Waals surface area (Å²) in [6, 6.07) is 0. The van der Waals surface area contributed by atoms with Crippen LogP contribution in [-0.4, -0.2) is 155 Å². The summed E-state index contributed by atoms with van der Waals surface area (Å²) in [5.74, 6) is -1.67. The Kier molecular flexibility index (Phi) is 38.9. The van der Waals surface area contributed by atoms with Gasteiger partial charge in [0.15, 0.2) is 0 Å². The molecule has 0 fully saturated rings. The van der Waals surface area contributed by atoms with Crippen LogP contribution in [0.2, 0.25) is 0 Å². The lowest BCUT2D eigenvalue weighted by atomic mass is 10.1. The molecule has 0 aliphatic rings. The second-order valence-electron chi connectivity index (χ2n) is 10.9. The summed E-state index contributed by atoms with van der Waals surface area (Å²) in [7, 11) is 0. The lowest BCUT2D eigenvalue weighted by molar-refractivity contribution is -0.146. The first-order valence-electron chi connectivity index (χ1n) is 17.9. The second kappa shape index (κ2) is 40.5. The Morgan fingerprint density at radius 1 is 0.449 bits per heavy atom. The van der Waals surface area contributed by atoms with Crippen LogP contribution in [0.5, 0.6) is 0 Å². The van der Waals surface area contributed by atoms with Gasteiger partial charge in [0.25, 0.3) is 0 Å². The maximum atomic E-state index is 11.8. The van der Waals surface area contributed by atoms with Gasteiger partial charge in [-0.05, 0) is 6.42 Å². The Balaban J connectivity index is 3.15. The zero-order chi connectivity index (χ0) is 35.7. The first-order valence-corrected chi connectivity index (χ1v) is 17.9. The summed E-state index contributed by atoms with van der Waals surface area (Å²) in [5.41, 5.74) is 0. The summed E-state index contributed by atoms with van der Waals surface area (Å²) in [4.78, 5) is 33.4. The fraction of sp³-hybridized carbons (Fsp3) is 0.912. The maximum Gasteiger partial charge on any atom is 0.329 e. The number of carboxylic acid groups (broad SMARTS) is 1. The molecule has 0 heterocycles. The molecule has 15 nitrogen and oxygen atoms in total. The van der Waals surface area contributed by atoms with Crippen LogP contribution in [-0.2, 0) is 61.8 Å². The highest BCUT2D eigenvalue weighted by atomic mass is 16.6. The van der Waals surface area contributed by atoms with Crippen molar-refractivity contribution >= 4 is 17.8 Å². The van der Waals surface area contributed by atoms with Gasteiger partial charge in [-0.25, -0.2) is 4.79 Å². The van der Waals surface area contributed by atoms with Crippen LogP contribution >= 0.6 is 0 Å². The second-order valence-corrected chi connectivity index (χ2v) is 10.9.